The van der Waals surface area contributed by atoms with Gasteiger partial charge in [0, 0.05) is 82.7 Å². The van der Waals surface area contributed by atoms with E-state index in [-0.39, 0.29) is 23.6 Å². The first-order chi connectivity index (χ1) is 18.4. The number of amides is 1. The Morgan fingerprint density at radius 2 is 1.92 bits per heavy atom. The zero-order valence-electron chi connectivity index (χ0n) is 23.7. The zero-order valence-corrected chi connectivity index (χ0v) is 23.7. The van der Waals surface area contributed by atoms with E-state index in [0.717, 1.165) is 48.9 Å². The molecule has 1 aromatic rings. The third kappa shape index (κ3) is 7.01. The van der Waals surface area contributed by atoms with Gasteiger partial charge in [0.1, 0.15) is 0 Å². The van der Waals surface area contributed by atoms with E-state index in [2.05, 4.69) is 23.7 Å². The van der Waals surface area contributed by atoms with Crippen LogP contribution in [0.2, 0.25) is 0 Å². The molecule has 1 fully saturated rings. The number of hydrazone groups is 1. The second kappa shape index (κ2) is 14.4. The minimum Gasteiger partial charge on any atom is -0.385 e. The number of piperidine rings is 1. The second-order valence-electron chi connectivity index (χ2n) is 10.0. The molecule has 2 heterocycles. The van der Waals surface area contributed by atoms with Gasteiger partial charge in [-0.1, -0.05) is 13.0 Å². The summed E-state index contributed by atoms with van der Waals surface area (Å²) in [6.07, 6.45) is 8.68. The van der Waals surface area contributed by atoms with Crippen molar-refractivity contribution in [2.45, 2.75) is 71.4 Å². The van der Waals surface area contributed by atoms with Gasteiger partial charge in [-0.2, -0.15) is 5.10 Å². The summed E-state index contributed by atoms with van der Waals surface area (Å²) in [5.74, 6) is 0.00349. The molecular weight excluding hydrogens is 484 g/mol. The van der Waals surface area contributed by atoms with Gasteiger partial charge in [-0.25, -0.2) is 0 Å². The summed E-state index contributed by atoms with van der Waals surface area (Å²) in [4.78, 5) is 31.7. The average molecular weight is 529 g/mol. The van der Waals surface area contributed by atoms with Crippen molar-refractivity contribution in [1.29, 1.82) is 0 Å². The van der Waals surface area contributed by atoms with E-state index in [1.54, 1.807) is 21.1 Å². The van der Waals surface area contributed by atoms with Crippen LogP contribution >= 0.6 is 0 Å². The molecule has 0 radical (unpaired) electrons. The van der Waals surface area contributed by atoms with Crippen LogP contribution in [-0.2, 0) is 25.4 Å². The van der Waals surface area contributed by atoms with E-state index >= 15 is 0 Å². The van der Waals surface area contributed by atoms with Gasteiger partial charge in [0.25, 0.3) is 11.5 Å². The number of hydrogen-bond acceptors (Lipinski definition) is 7. The summed E-state index contributed by atoms with van der Waals surface area (Å²) in [6.45, 7) is 12.9. The van der Waals surface area contributed by atoms with Crippen LogP contribution in [0.1, 0.15) is 62.8 Å². The Hall–Kier alpha value is -2.75. The molecule has 1 saturated heterocycles. The predicted octanol–water partition coefficient (Wildman–Crippen LogP) is 3.85. The summed E-state index contributed by atoms with van der Waals surface area (Å²) in [6, 6.07) is 0.00447. The minimum absolute atomic E-state index is 0.00349. The molecule has 1 unspecified atom stereocenters. The summed E-state index contributed by atoms with van der Waals surface area (Å²) in [7, 11) is 3.37. The number of pyridine rings is 1. The number of hydrogen-bond donors (Lipinski definition) is 1. The molecular formula is C29H44N4O5. The standard InChI is InChI=1S/C29H44N4O5/c1-7-22(13-18-37-6)33(30-4)27-21(3)28(34)31-26-10-9-20(2)24(19-25(26)27)29(35)32-14-11-23(12-15-32)38-17-8-16-36-5/h9,19,22-23H,4,7-8,10-18H2,1-3,5-6H3,(H,31,34). The number of H-pyrrole nitrogens is 1. The van der Waals surface area contributed by atoms with Crippen molar-refractivity contribution in [2.24, 2.45) is 5.10 Å². The molecule has 38 heavy (non-hydrogen) atoms. The topological polar surface area (TPSA) is 96.5 Å². The third-order valence-corrected chi connectivity index (χ3v) is 7.53. The lowest BCUT2D eigenvalue weighted by Crippen LogP contribution is -2.41. The van der Waals surface area contributed by atoms with Crippen molar-refractivity contribution in [1.82, 2.24) is 9.88 Å². The highest BCUT2D eigenvalue weighted by Crippen LogP contribution is 2.34. The molecule has 0 aromatic carbocycles. The molecule has 0 saturated carbocycles. The van der Waals surface area contributed by atoms with E-state index in [1.165, 1.54) is 0 Å². The minimum atomic E-state index is -0.157. The van der Waals surface area contributed by atoms with Gasteiger partial charge in [-0.3, -0.25) is 14.6 Å². The van der Waals surface area contributed by atoms with Crippen molar-refractivity contribution >= 4 is 24.4 Å². The van der Waals surface area contributed by atoms with Crippen LogP contribution in [-0.4, -0.2) is 81.8 Å². The number of likely N-dealkylation sites (tertiary alicyclic amines) is 1. The summed E-state index contributed by atoms with van der Waals surface area (Å²) >= 11 is 0. The highest BCUT2D eigenvalue weighted by atomic mass is 16.5. The van der Waals surface area contributed by atoms with Gasteiger partial charge >= 0.3 is 0 Å². The Balaban J connectivity index is 1.91. The van der Waals surface area contributed by atoms with Crippen molar-refractivity contribution in [3.05, 3.63) is 44.4 Å². The molecule has 9 heteroatoms. The number of aromatic nitrogens is 1. The Morgan fingerprint density at radius 1 is 1.21 bits per heavy atom. The van der Waals surface area contributed by atoms with Crippen molar-refractivity contribution < 1.29 is 19.0 Å². The molecule has 1 aliphatic carbocycles. The number of anilines is 1. The summed E-state index contributed by atoms with van der Waals surface area (Å²) in [5.41, 5.74) is 4.24. The molecule has 0 spiro atoms. The Morgan fingerprint density at radius 3 is 2.55 bits per heavy atom. The number of carbonyl (C=O) groups excluding carboxylic acids is 1. The first kappa shape index (κ1) is 29.8. The lowest BCUT2D eigenvalue weighted by molar-refractivity contribution is -0.129. The third-order valence-electron chi connectivity index (χ3n) is 7.53. The number of aromatic amines is 1. The predicted molar refractivity (Wildman–Crippen MR) is 152 cm³/mol. The van der Waals surface area contributed by atoms with E-state index in [1.807, 2.05) is 29.0 Å². The number of allylic oxidation sites excluding steroid dienone is 1. The van der Waals surface area contributed by atoms with Crippen molar-refractivity contribution in [2.75, 3.05) is 52.1 Å². The van der Waals surface area contributed by atoms with Crippen molar-refractivity contribution in [3.8, 4) is 0 Å². The Bertz CT molecular complexity index is 1090. The number of carbonyl (C=O) groups is 1. The highest BCUT2D eigenvalue weighted by molar-refractivity contribution is 6.03. The molecule has 3 rings (SSSR count). The highest BCUT2D eigenvalue weighted by Gasteiger charge is 2.29. The maximum absolute atomic E-state index is 13.8. The molecule has 1 N–H and O–H groups in total. The van der Waals surface area contributed by atoms with Gasteiger partial charge in [0.05, 0.1) is 17.8 Å². The summed E-state index contributed by atoms with van der Waals surface area (Å²) in [5, 5.41) is 6.20. The van der Waals surface area contributed by atoms with Gasteiger partial charge in [0.15, 0.2) is 0 Å². The van der Waals surface area contributed by atoms with E-state index in [9.17, 15) is 9.59 Å². The van der Waals surface area contributed by atoms with Crippen LogP contribution in [0, 0.1) is 6.92 Å². The molecule has 210 valence electrons. The van der Waals surface area contributed by atoms with Crippen LogP contribution in [0.25, 0.3) is 6.08 Å². The maximum atomic E-state index is 13.8. The number of nitrogens with zero attached hydrogens (tertiary/aromatic N) is 3. The van der Waals surface area contributed by atoms with Crippen molar-refractivity contribution in [3.63, 3.8) is 0 Å². The molecule has 1 aliphatic heterocycles. The monoisotopic (exact) mass is 528 g/mol. The van der Waals surface area contributed by atoms with Crippen LogP contribution < -0.4 is 10.6 Å². The lowest BCUT2D eigenvalue weighted by Gasteiger charge is -2.33. The van der Waals surface area contributed by atoms with Gasteiger partial charge in [-0.15, -0.1) is 0 Å². The zero-order chi connectivity index (χ0) is 27.7. The molecule has 1 amide bonds. The molecule has 2 aliphatic rings. The normalized spacial score (nSPS) is 16.8. The first-order valence-corrected chi connectivity index (χ1v) is 13.6. The van der Waals surface area contributed by atoms with Gasteiger partial charge < -0.3 is 24.1 Å². The largest absolute Gasteiger partial charge is 0.385 e. The molecule has 1 aromatic heterocycles. The average Bonchev–Trinajstić information content (AvgIpc) is 3.09. The molecule has 1 atom stereocenters. The van der Waals surface area contributed by atoms with Gasteiger partial charge in [-0.05, 0) is 57.6 Å². The first-order valence-electron chi connectivity index (χ1n) is 13.6. The fraction of sp³-hybridized carbons (Fsp3) is 0.621. The van der Waals surface area contributed by atoms with Crippen LogP contribution in [0.3, 0.4) is 0 Å². The maximum Gasteiger partial charge on any atom is 0.254 e. The van der Waals surface area contributed by atoms with Crippen LogP contribution in [0.5, 0.6) is 0 Å². The number of nitrogens with one attached hydrogen (secondary N) is 1. The van der Waals surface area contributed by atoms with Gasteiger partial charge in [0.2, 0.25) is 0 Å². The fourth-order valence-corrected chi connectivity index (χ4v) is 5.19. The van der Waals surface area contributed by atoms with E-state index in [4.69, 9.17) is 14.2 Å². The quantitative estimate of drug-likeness (QED) is 0.237. The number of methoxy groups -OCH3 is 2. The SMILES string of the molecule is C=NN(c1c2c([nH]c(=O)c1C)CC=C(C)C(C(=O)N1CCC(OCCCOC)CC1)=C2)C(CC)CCOC. The lowest BCUT2D eigenvalue weighted by atomic mass is 9.99. The summed E-state index contributed by atoms with van der Waals surface area (Å²) < 4.78 is 16.4. The smallest absolute Gasteiger partial charge is 0.254 e. The second-order valence-corrected chi connectivity index (χ2v) is 10.0. The van der Waals surface area contributed by atoms with Crippen LogP contribution in [0.15, 0.2) is 27.1 Å². The number of ether oxygens (including phenoxy) is 3. The fourth-order valence-electron chi connectivity index (χ4n) is 5.19. The molecule has 0 bridgehead atoms. The number of fused-ring (bicyclic) bond motifs is 1. The van der Waals surface area contributed by atoms with E-state index in [0.29, 0.717) is 56.2 Å². The Kier molecular flexibility index (Phi) is 11.3. The Labute approximate surface area is 226 Å². The number of rotatable bonds is 13. The molecule has 9 nitrogen and oxygen atoms in total. The van der Waals surface area contributed by atoms with Crippen LogP contribution in [0.4, 0.5) is 5.69 Å². The van der Waals surface area contributed by atoms with E-state index < -0.39 is 0 Å².